The van der Waals surface area contributed by atoms with Crippen LogP contribution < -0.4 is 9.47 Å². The minimum absolute atomic E-state index is 0.662. The molecule has 27 heavy (non-hydrogen) atoms. The third kappa shape index (κ3) is 2.73. The molecule has 0 aromatic heterocycles. The van der Waals surface area contributed by atoms with E-state index in [9.17, 15) is 0 Å². The molecule has 4 aromatic rings. The van der Waals surface area contributed by atoms with E-state index in [1.165, 1.54) is 32.7 Å². The summed E-state index contributed by atoms with van der Waals surface area (Å²) in [6, 6.07) is 21.8. The molecule has 0 spiro atoms. The van der Waals surface area contributed by atoms with Crippen molar-refractivity contribution in [2.75, 3.05) is 13.2 Å². The van der Waals surface area contributed by atoms with Crippen LogP contribution in [0.15, 0.2) is 60.7 Å². The molecule has 2 nitrogen and oxygen atoms in total. The first-order valence-corrected chi connectivity index (χ1v) is 9.53. The number of aryl methyl sites for hydroxylation is 2. The van der Waals surface area contributed by atoms with E-state index in [0.29, 0.717) is 13.2 Å². The van der Waals surface area contributed by atoms with Crippen LogP contribution >= 0.6 is 0 Å². The molecule has 4 aromatic carbocycles. The standard InChI is InChI=1S/C25H22O2/c1-16-5-9-20-19(14-16)8-11-22-24(20)25-21-15-17(2)4-6-18(21)7-10-23(25)27-13-3-12-26-22/h4-11,14-15H,3,12-13H2,1-2H3. The van der Waals surface area contributed by atoms with Crippen molar-refractivity contribution in [2.45, 2.75) is 20.3 Å². The van der Waals surface area contributed by atoms with Crippen LogP contribution in [0.25, 0.3) is 32.7 Å². The first kappa shape index (κ1) is 16.2. The van der Waals surface area contributed by atoms with Gasteiger partial charge in [-0.3, -0.25) is 0 Å². The number of rotatable bonds is 0. The van der Waals surface area contributed by atoms with Gasteiger partial charge in [0.05, 0.1) is 13.2 Å². The molecule has 0 fully saturated rings. The topological polar surface area (TPSA) is 18.5 Å². The highest BCUT2D eigenvalue weighted by atomic mass is 16.5. The van der Waals surface area contributed by atoms with E-state index in [2.05, 4.69) is 74.5 Å². The molecule has 0 atom stereocenters. The minimum Gasteiger partial charge on any atom is -0.493 e. The average Bonchev–Trinajstić information content (AvgIpc) is 2.76. The zero-order valence-corrected chi connectivity index (χ0v) is 15.7. The Morgan fingerprint density at radius 1 is 0.593 bits per heavy atom. The summed E-state index contributed by atoms with van der Waals surface area (Å²) < 4.78 is 12.4. The smallest absolute Gasteiger partial charge is 0.127 e. The molecule has 134 valence electrons. The monoisotopic (exact) mass is 354 g/mol. The lowest BCUT2D eigenvalue weighted by Gasteiger charge is -2.18. The number of ether oxygens (including phenoxy) is 2. The average molecular weight is 354 g/mol. The van der Waals surface area contributed by atoms with Gasteiger partial charge in [-0.15, -0.1) is 0 Å². The predicted octanol–water partition coefficient (Wildman–Crippen LogP) is 6.44. The minimum atomic E-state index is 0.662. The molecule has 0 saturated carbocycles. The number of benzene rings is 4. The first-order valence-electron chi connectivity index (χ1n) is 9.53. The van der Waals surface area contributed by atoms with Crippen LogP contribution in [-0.4, -0.2) is 13.2 Å². The van der Waals surface area contributed by atoms with Crippen molar-refractivity contribution >= 4 is 21.5 Å². The lowest BCUT2D eigenvalue weighted by atomic mass is 9.91. The Balaban J connectivity index is 1.96. The van der Waals surface area contributed by atoms with Crippen molar-refractivity contribution in [2.24, 2.45) is 0 Å². The van der Waals surface area contributed by atoms with Crippen LogP contribution in [0.5, 0.6) is 11.5 Å². The molecule has 0 amide bonds. The van der Waals surface area contributed by atoms with Gasteiger partial charge in [0.25, 0.3) is 0 Å². The van der Waals surface area contributed by atoms with Gasteiger partial charge >= 0.3 is 0 Å². The Labute approximate surface area is 159 Å². The summed E-state index contributed by atoms with van der Waals surface area (Å²) in [5, 5.41) is 4.87. The van der Waals surface area contributed by atoms with Crippen molar-refractivity contribution in [1.29, 1.82) is 0 Å². The summed E-state index contributed by atoms with van der Waals surface area (Å²) in [6.07, 6.45) is 0.872. The summed E-state index contributed by atoms with van der Waals surface area (Å²) in [4.78, 5) is 0. The molecule has 5 rings (SSSR count). The zero-order valence-electron chi connectivity index (χ0n) is 15.7. The van der Waals surface area contributed by atoms with Gasteiger partial charge in [0.1, 0.15) is 11.5 Å². The summed E-state index contributed by atoms with van der Waals surface area (Å²) >= 11 is 0. The maximum absolute atomic E-state index is 6.21. The molecule has 1 heterocycles. The van der Waals surface area contributed by atoms with E-state index in [1.807, 2.05) is 0 Å². The van der Waals surface area contributed by atoms with Gasteiger partial charge in [0, 0.05) is 17.5 Å². The van der Waals surface area contributed by atoms with Gasteiger partial charge in [-0.05, 0) is 47.5 Å². The second-order valence-corrected chi connectivity index (χ2v) is 7.38. The lowest BCUT2D eigenvalue weighted by molar-refractivity contribution is 0.252. The van der Waals surface area contributed by atoms with Gasteiger partial charge in [0.2, 0.25) is 0 Å². The van der Waals surface area contributed by atoms with E-state index in [4.69, 9.17) is 9.47 Å². The van der Waals surface area contributed by atoms with Crippen molar-refractivity contribution in [3.63, 3.8) is 0 Å². The van der Waals surface area contributed by atoms with Crippen LogP contribution in [-0.2, 0) is 0 Å². The number of fused-ring (bicyclic) bond motifs is 7. The van der Waals surface area contributed by atoms with E-state index in [-0.39, 0.29) is 0 Å². The second kappa shape index (κ2) is 6.31. The van der Waals surface area contributed by atoms with Crippen molar-refractivity contribution in [1.82, 2.24) is 0 Å². The molecular weight excluding hydrogens is 332 g/mol. The van der Waals surface area contributed by atoms with Crippen LogP contribution in [0.2, 0.25) is 0 Å². The lowest BCUT2D eigenvalue weighted by Crippen LogP contribution is -2.03. The molecule has 0 unspecified atom stereocenters. The van der Waals surface area contributed by atoms with E-state index < -0.39 is 0 Å². The normalized spacial score (nSPS) is 13.7. The summed E-state index contributed by atoms with van der Waals surface area (Å²) in [6.45, 7) is 5.59. The van der Waals surface area contributed by atoms with Gasteiger partial charge in [-0.2, -0.15) is 0 Å². The fraction of sp³-hybridized carbons (Fsp3) is 0.200. The summed E-state index contributed by atoms with van der Waals surface area (Å²) in [5.41, 5.74) is 4.79. The van der Waals surface area contributed by atoms with Crippen molar-refractivity contribution in [3.05, 3.63) is 71.8 Å². The fourth-order valence-electron chi connectivity index (χ4n) is 4.02. The van der Waals surface area contributed by atoms with Gasteiger partial charge in [0.15, 0.2) is 0 Å². The maximum atomic E-state index is 6.21. The van der Waals surface area contributed by atoms with Crippen molar-refractivity contribution in [3.8, 4) is 22.6 Å². The molecular formula is C25H22O2. The fourth-order valence-corrected chi connectivity index (χ4v) is 4.02. The summed E-state index contributed by atoms with van der Waals surface area (Å²) in [7, 11) is 0. The third-order valence-corrected chi connectivity index (χ3v) is 5.33. The summed E-state index contributed by atoms with van der Waals surface area (Å²) in [5.74, 6) is 1.88. The van der Waals surface area contributed by atoms with Crippen LogP contribution in [0.4, 0.5) is 0 Å². The van der Waals surface area contributed by atoms with Gasteiger partial charge in [-0.25, -0.2) is 0 Å². The Kier molecular flexibility index (Phi) is 3.78. The molecule has 1 aliphatic heterocycles. The Morgan fingerprint density at radius 2 is 1.19 bits per heavy atom. The van der Waals surface area contributed by atoms with Gasteiger partial charge < -0.3 is 9.47 Å². The van der Waals surface area contributed by atoms with E-state index >= 15 is 0 Å². The number of hydrogen-bond donors (Lipinski definition) is 0. The molecule has 0 N–H and O–H groups in total. The van der Waals surface area contributed by atoms with Crippen molar-refractivity contribution < 1.29 is 9.47 Å². The Hall–Kier alpha value is -3.00. The predicted molar refractivity (Wildman–Crippen MR) is 112 cm³/mol. The third-order valence-electron chi connectivity index (χ3n) is 5.33. The van der Waals surface area contributed by atoms with Crippen LogP contribution in [0, 0.1) is 13.8 Å². The highest BCUT2D eigenvalue weighted by Gasteiger charge is 2.20. The highest BCUT2D eigenvalue weighted by Crippen LogP contribution is 2.46. The molecule has 0 radical (unpaired) electrons. The zero-order chi connectivity index (χ0) is 18.4. The van der Waals surface area contributed by atoms with E-state index in [0.717, 1.165) is 29.0 Å². The maximum Gasteiger partial charge on any atom is 0.127 e. The van der Waals surface area contributed by atoms with Crippen LogP contribution in [0.3, 0.4) is 0 Å². The largest absolute Gasteiger partial charge is 0.493 e. The first-order chi connectivity index (χ1) is 13.2. The second-order valence-electron chi connectivity index (χ2n) is 7.38. The molecule has 1 aliphatic rings. The molecule has 0 bridgehead atoms. The van der Waals surface area contributed by atoms with Crippen LogP contribution in [0.1, 0.15) is 17.5 Å². The Bertz CT molecular complexity index is 1170. The van der Waals surface area contributed by atoms with E-state index in [1.54, 1.807) is 0 Å². The SMILES string of the molecule is Cc1ccc2c3c(ccc2c1)OCCCOc1ccc2ccc(C)cc2c1-3. The number of hydrogen-bond acceptors (Lipinski definition) is 2. The molecule has 2 heteroatoms. The molecule has 0 aliphatic carbocycles. The Morgan fingerprint density at radius 3 is 1.96 bits per heavy atom. The van der Waals surface area contributed by atoms with Gasteiger partial charge in [-0.1, -0.05) is 59.7 Å². The quantitative estimate of drug-likeness (QED) is 0.362. The highest BCUT2D eigenvalue weighted by molar-refractivity contribution is 6.10. The molecule has 0 saturated heterocycles.